The second-order valence-corrected chi connectivity index (χ2v) is 6.38. The van der Waals surface area contributed by atoms with Crippen LogP contribution in [0.1, 0.15) is 44.1 Å². The van der Waals surface area contributed by atoms with E-state index in [-0.39, 0.29) is 23.9 Å². The first kappa shape index (κ1) is 15.8. The first-order chi connectivity index (χ1) is 11.2. The maximum absolute atomic E-state index is 12.8. The molecular formula is C19H24N2O2. The van der Waals surface area contributed by atoms with Gasteiger partial charge in [0.05, 0.1) is 6.04 Å². The first-order valence-corrected chi connectivity index (χ1v) is 8.57. The van der Waals surface area contributed by atoms with Crippen LogP contribution in [0, 0.1) is 0 Å². The highest BCUT2D eigenvalue weighted by Crippen LogP contribution is 2.21. The van der Waals surface area contributed by atoms with Gasteiger partial charge in [-0.15, -0.1) is 0 Å². The maximum Gasteiger partial charge on any atom is 0.245 e. The zero-order valence-corrected chi connectivity index (χ0v) is 13.4. The van der Waals surface area contributed by atoms with Crippen molar-refractivity contribution in [2.75, 3.05) is 6.54 Å². The fourth-order valence-corrected chi connectivity index (χ4v) is 3.39. The van der Waals surface area contributed by atoms with E-state index in [0.717, 1.165) is 37.8 Å². The minimum Gasteiger partial charge on any atom is -0.344 e. The molecule has 0 radical (unpaired) electrons. The molecule has 4 nitrogen and oxygen atoms in total. The van der Waals surface area contributed by atoms with Crippen molar-refractivity contribution >= 4 is 17.9 Å². The van der Waals surface area contributed by atoms with E-state index in [9.17, 15) is 9.59 Å². The van der Waals surface area contributed by atoms with Crippen LogP contribution in [-0.4, -0.2) is 35.3 Å². The predicted molar refractivity (Wildman–Crippen MR) is 90.6 cm³/mol. The number of nitrogens with one attached hydrogen (secondary N) is 1. The van der Waals surface area contributed by atoms with E-state index in [4.69, 9.17) is 0 Å². The average molecular weight is 312 g/mol. The molecule has 2 fully saturated rings. The summed E-state index contributed by atoms with van der Waals surface area (Å²) in [4.78, 5) is 26.2. The lowest BCUT2D eigenvalue weighted by atomic mass is 10.1. The van der Waals surface area contributed by atoms with E-state index in [0.29, 0.717) is 12.8 Å². The molecular weight excluding hydrogens is 288 g/mol. The predicted octanol–water partition coefficient (Wildman–Crippen LogP) is 2.75. The molecule has 0 aliphatic carbocycles. The Hall–Kier alpha value is -2.10. The van der Waals surface area contributed by atoms with Crippen molar-refractivity contribution in [3.05, 3.63) is 42.0 Å². The van der Waals surface area contributed by atoms with Crippen molar-refractivity contribution < 1.29 is 9.59 Å². The van der Waals surface area contributed by atoms with Gasteiger partial charge in [-0.05, 0) is 24.8 Å². The Morgan fingerprint density at radius 2 is 1.96 bits per heavy atom. The summed E-state index contributed by atoms with van der Waals surface area (Å²) in [6.07, 6.45) is 9.69. The molecule has 0 bridgehead atoms. The van der Waals surface area contributed by atoms with Crippen molar-refractivity contribution in [3.63, 3.8) is 0 Å². The third kappa shape index (κ3) is 4.01. The Morgan fingerprint density at radius 1 is 1.13 bits per heavy atom. The van der Waals surface area contributed by atoms with Crippen LogP contribution in [0.5, 0.6) is 0 Å². The standard InChI is InChI=1S/C19H24N2O2/c22-18-13-12-17(20-18)19(23)21-14-6-2-5-9-16(21)11-10-15-7-3-1-4-8-15/h1,3-4,7-8,10-11,16-17H,2,5-6,9,12-14H2,(H,20,22)/b11-10+/t16-,17-/m0/s1. The molecule has 2 aliphatic heterocycles. The Bertz CT molecular complexity index is 582. The zero-order chi connectivity index (χ0) is 16.1. The van der Waals surface area contributed by atoms with Crippen molar-refractivity contribution in [1.82, 2.24) is 10.2 Å². The molecule has 4 heteroatoms. The third-order valence-electron chi connectivity index (χ3n) is 4.69. The molecule has 0 spiro atoms. The summed E-state index contributed by atoms with van der Waals surface area (Å²) in [6, 6.07) is 9.97. The SMILES string of the molecule is O=C1CC[C@@H](C(=O)N2CCCCC[C@H]2/C=C/c2ccccc2)N1. The van der Waals surface area contributed by atoms with Gasteiger partial charge in [0.15, 0.2) is 0 Å². The largest absolute Gasteiger partial charge is 0.344 e. The smallest absolute Gasteiger partial charge is 0.245 e. The molecule has 0 aromatic heterocycles. The summed E-state index contributed by atoms with van der Waals surface area (Å²) in [5.74, 6) is 0.0787. The van der Waals surface area contributed by atoms with E-state index in [1.165, 1.54) is 0 Å². The summed E-state index contributed by atoms with van der Waals surface area (Å²) in [5.41, 5.74) is 1.15. The number of hydrogen-bond donors (Lipinski definition) is 1. The molecule has 2 aliphatic rings. The average Bonchev–Trinajstić information content (AvgIpc) is 2.88. The fraction of sp³-hybridized carbons (Fsp3) is 0.474. The lowest BCUT2D eigenvalue weighted by Gasteiger charge is -2.30. The second kappa shape index (κ2) is 7.44. The van der Waals surface area contributed by atoms with E-state index in [1.54, 1.807) is 0 Å². The molecule has 23 heavy (non-hydrogen) atoms. The summed E-state index contributed by atoms with van der Waals surface area (Å²) in [6.45, 7) is 0.787. The Balaban J connectivity index is 1.73. The van der Waals surface area contributed by atoms with Crippen LogP contribution in [0.4, 0.5) is 0 Å². The van der Waals surface area contributed by atoms with E-state index in [1.807, 2.05) is 23.1 Å². The maximum atomic E-state index is 12.8. The normalized spacial score (nSPS) is 25.4. The van der Waals surface area contributed by atoms with Crippen LogP contribution >= 0.6 is 0 Å². The number of benzene rings is 1. The molecule has 0 unspecified atom stereocenters. The topological polar surface area (TPSA) is 49.4 Å². The number of carbonyl (C=O) groups excluding carboxylic acids is 2. The number of carbonyl (C=O) groups is 2. The molecule has 2 amide bonds. The van der Waals surface area contributed by atoms with Crippen molar-refractivity contribution in [2.24, 2.45) is 0 Å². The molecule has 1 aromatic carbocycles. The van der Waals surface area contributed by atoms with E-state index < -0.39 is 0 Å². The number of nitrogens with zero attached hydrogens (tertiary/aromatic N) is 1. The summed E-state index contributed by atoms with van der Waals surface area (Å²) in [7, 11) is 0. The van der Waals surface area contributed by atoms with Gasteiger partial charge in [-0.2, -0.15) is 0 Å². The van der Waals surface area contributed by atoms with Crippen LogP contribution in [0.2, 0.25) is 0 Å². The molecule has 2 heterocycles. The lowest BCUT2D eigenvalue weighted by Crippen LogP contribution is -2.48. The van der Waals surface area contributed by atoms with Gasteiger partial charge in [-0.3, -0.25) is 9.59 Å². The van der Waals surface area contributed by atoms with Crippen LogP contribution in [0.15, 0.2) is 36.4 Å². The van der Waals surface area contributed by atoms with Crippen LogP contribution < -0.4 is 5.32 Å². The monoisotopic (exact) mass is 312 g/mol. The molecule has 0 saturated carbocycles. The minimum absolute atomic E-state index is 0.00505. The van der Waals surface area contributed by atoms with Gasteiger partial charge in [0.25, 0.3) is 0 Å². The molecule has 1 N–H and O–H groups in total. The van der Waals surface area contributed by atoms with Crippen molar-refractivity contribution in [3.8, 4) is 0 Å². The highest BCUT2D eigenvalue weighted by Gasteiger charge is 2.33. The zero-order valence-electron chi connectivity index (χ0n) is 13.4. The number of hydrogen-bond acceptors (Lipinski definition) is 2. The quantitative estimate of drug-likeness (QED) is 0.933. The first-order valence-electron chi connectivity index (χ1n) is 8.57. The molecule has 3 rings (SSSR count). The summed E-state index contributed by atoms with van der Waals surface area (Å²) in [5, 5.41) is 2.81. The number of rotatable bonds is 3. The third-order valence-corrected chi connectivity index (χ3v) is 4.69. The molecule has 122 valence electrons. The molecule has 1 aromatic rings. The van der Waals surface area contributed by atoms with Crippen LogP contribution in [-0.2, 0) is 9.59 Å². The van der Waals surface area contributed by atoms with Gasteiger partial charge in [0, 0.05) is 13.0 Å². The van der Waals surface area contributed by atoms with Gasteiger partial charge in [0.2, 0.25) is 11.8 Å². The van der Waals surface area contributed by atoms with Gasteiger partial charge in [-0.1, -0.05) is 55.3 Å². The molecule has 2 atom stereocenters. The second-order valence-electron chi connectivity index (χ2n) is 6.38. The number of likely N-dealkylation sites (tertiary alicyclic amines) is 1. The van der Waals surface area contributed by atoms with Crippen LogP contribution in [0.3, 0.4) is 0 Å². The minimum atomic E-state index is -0.326. The Labute approximate surface area is 137 Å². The van der Waals surface area contributed by atoms with Crippen molar-refractivity contribution in [2.45, 2.75) is 50.6 Å². The Kier molecular flexibility index (Phi) is 5.11. The number of amides is 2. The van der Waals surface area contributed by atoms with Gasteiger partial charge in [0.1, 0.15) is 6.04 Å². The van der Waals surface area contributed by atoms with Crippen molar-refractivity contribution in [1.29, 1.82) is 0 Å². The lowest BCUT2D eigenvalue weighted by molar-refractivity contribution is -0.135. The van der Waals surface area contributed by atoms with Gasteiger partial charge < -0.3 is 10.2 Å². The van der Waals surface area contributed by atoms with Gasteiger partial charge >= 0.3 is 0 Å². The van der Waals surface area contributed by atoms with Gasteiger partial charge in [-0.25, -0.2) is 0 Å². The van der Waals surface area contributed by atoms with E-state index in [2.05, 4.69) is 29.6 Å². The fourth-order valence-electron chi connectivity index (χ4n) is 3.39. The highest BCUT2D eigenvalue weighted by atomic mass is 16.2. The van der Waals surface area contributed by atoms with E-state index >= 15 is 0 Å². The highest BCUT2D eigenvalue weighted by molar-refractivity contribution is 5.91. The summed E-state index contributed by atoms with van der Waals surface area (Å²) >= 11 is 0. The van der Waals surface area contributed by atoms with Crippen LogP contribution in [0.25, 0.3) is 6.08 Å². The molecule has 2 saturated heterocycles. The summed E-state index contributed by atoms with van der Waals surface area (Å²) < 4.78 is 0. The Morgan fingerprint density at radius 3 is 2.70 bits per heavy atom.